The third-order valence-corrected chi connectivity index (χ3v) is 8.10. The summed E-state index contributed by atoms with van der Waals surface area (Å²) in [5.41, 5.74) is 1.09. The molecular weight excluding hydrogens is 604 g/mol. The van der Waals surface area contributed by atoms with Crippen LogP contribution in [0.1, 0.15) is 149 Å². The zero-order valence-electron chi connectivity index (χ0n) is 31.8. The molecule has 0 saturated carbocycles. The van der Waals surface area contributed by atoms with E-state index in [0.717, 1.165) is 64.2 Å². The Bertz CT molecular complexity index is 1270. The third kappa shape index (κ3) is 13.3. The molecule has 270 valence electrons. The van der Waals surface area contributed by atoms with Gasteiger partial charge in [-0.05, 0) is 91.0 Å². The van der Waals surface area contributed by atoms with Crippen molar-refractivity contribution >= 4 is 11.9 Å². The molecule has 0 aliphatic carbocycles. The van der Waals surface area contributed by atoms with Crippen molar-refractivity contribution in [2.75, 3.05) is 7.11 Å². The average molecular weight is 669 g/mol. The van der Waals surface area contributed by atoms with Crippen LogP contribution in [0.25, 0.3) is 6.08 Å². The van der Waals surface area contributed by atoms with Crippen molar-refractivity contribution in [3.8, 4) is 34.5 Å². The Morgan fingerprint density at radius 2 is 0.979 bits per heavy atom. The van der Waals surface area contributed by atoms with E-state index in [9.17, 15) is 4.79 Å². The van der Waals surface area contributed by atoms with Gasteiger partial charge in [0.2, 0.25) is 0 Å². The van der Waals surface area contributed by atoms with E-state index in [1.165, 1.54) is 0 Å². The van der Waals surface area contributed by atoms with E-state index in [-0.39, 0.29) is 36.3 Å². The van der Waals surface area contributed by atoms with E-state index in [1.807, 2.05) is 45.9 Å². The third-order valence-electron chi connectivity index (χ3n) is 8.10. The maximum atomic E-state index is 14.3. The standard InChI is InChI=1S/C41H64O7/c1-12-17-28(6)44-34-24-33(40(38(26-34)43-11)47-31(9)20-15-4)22-23-37(42)36-25-35(45-29(7)18-13-2)27-39(46-30(8)19-14-3)41(36)48-32(10)21-16-5/h22-32H,12-21H2,1-11H3. The molecule has 0 N–H and O–H groups in total. The number of carbonyl (C=O) groups excluding carboxylic acids is 1. The van der Waals surface area contributed by atoms with Crippen LogP contribution in [0.2, 0.25) is 0 Å². The summed E-state index contributed by atoms with van der Waals surface area (Å²) in [6.45, 7) is 20.9. The predicted molar refractivity (Wildman–Crippen MR) is 198 cm³/mol. The van der Waals surface area contributed by atoms with Crippen molar-refractivity contribution in [3.05, 3.63) is 41.5 Å². The van der Waals surface area contributed by atoms with Crippen LogP contribution in [-0.2, 0) is 0 Å². The number of hydrogen-bond acceptors (Lipinski definition) is 7. The molecule has 0 aliphatic heterocycles. The fourth-order valence-corrected chi connectivity index (χ4v) is 5.77. The van der Waals surface area contributed by atoms with Gasteiger partial charge < -0.3 is 28.4 Å². The minimum atomic E-state index is -0.229. The van der Waals surface area contributed by atoms with Gasteiger partial charge in [0, 0.05) is 17.7 Å². The lowest BCUT2D eigenvalue weighted by Crippen LogP contribution is -2.18. The van der Waals surface area contributed by atoms with Gasteiger partial charge in [-0.1, -0.05) is 66.7 Å². The second-order valence-corrected chi connectivity index (χ2v) is 13.1. The lowest BCUT2D eigenvalue weighted by atomic mass is 10.0. The average Bonchev–Trinajstić information content (AvgIpc) is 3.02. The molecule has 0 aliphatic rings. The number of rotatable bonds is 24. The number of benzene rings is 2. The van der Waals surface area contributed by atoms with E-state index < -0.39 is 0 Å². The maximum absolute atomic E-state index is 14.3. The summed E-state index contributed by atoms with van der Waals surface area (Å²) in [6, 6.07) is 7.44. The van der Waals surface area contributed by atoms with Crippen molar-refractivity contribution in [3.63, 3.8) is 0 Å². The summed E-state index contributed by atoms with van der Waals surface area (Å²) in [5, 5.41) is 0. The first kappa shape index (κ1) is 40.8. The minimum absolute atomic E-state index is 0.0182. The van der Waals surface area contributed by atoms with Gasteiger partial charge in [0.1, 0.15) is 11.5 Å². The van der Waals surface area contributed by atoms with E-state index in [1.54, 1.807) is 25.3 Å². The van der Waals surface area contributed by atoms with Crippen molar-refractivity contribution in [1.82, 2.24) is 0 Å². The van der Waals surface area contributed by atoms with E-state index in [2.05, 4.69) is 41.5 Å². The molecule has 5 atom stereocenters. The lowest BCUT2D eigenvalue weighted by Gasteiger charge is -2.24. The Labute approximate surface area is 291 Å². The molecule has 0 amide bonds. The quantitative estimate of drug-likeness (QED) is 0.0814. The van der Waals surface area contributed by atoms with Crippen LogP contribution in [0.3, 0.4) is 0 Å². The van der Waals surface area contributed by atoms with Crippen molar-refractivity contribution < 1.29 is 33.2 Å². The highest BCUT2D eigenvalue weighted by molar-refractivity contribution is 6.09. The van der Waals surface area contributed by atoms with Gasteiger partial charge >= 0.3 is 0 Å². The number of carbonyl (C=O) groups is 1. The van der Waals surface area contributed by atoms with E-state index in [0.29, 0.717) is 45.6 Å². The SMILES string of the molecule is CCCC(C)Oc1cc(C=CC(=O)c2cc(OC(C)CCC)cc(OC(C)CCC)c2OC(C)CCC)c(OC(C)CCC)c(OC)c1. The molecule has 0 saturated heterocycles. The number of ketones is 1. The Morgan fingerprint density at radius 3 is 1.46 bits per heavy atom. The van der Waals surface area contributed by atoms with Crippen LogP contribution < -0.4 is 28.4 Å². The molecule has 0 spiro atoms. The Kier molecular flexibility index (Phi) is 18.4. The monoisotopic (exact) mass is 668 g/mol. The molecule has 0 heterocycles. The Hall–Kier alpha value is -3.35. The van der Waals surface area contributed by atoms with Crippen LogP contribution in [0.15, 0.2) is 30.3 Å². The molecule has 7 heteroatoms. The number of methoxy groups -OCH3 is 1. The van der Waals surface area contributed by atoms with Gasteiger partial charge in [0.25, 0.3) is 0 Å². The lowest BCUT2D eigenvalue weighted by molar-refractivity contribution is 0.103. The molecule has 7 nitrogen and oxygen atoms in total. The number of allylic oxidation sites excluding steroid dienone is 1. The maximum Gasteiger partial charge on any atom is 0.189 e. The fourth-order valence-electron chi connectivity index (χ4n) is 5.77. The van der Waals surface area contributed by atoms with Crippen LogP contribution in [0.5, 0.6) is 34.5 Å². The molecule has 0 aromatic heterocycles. The van der Waals surface area contributed by atoms with Crippen LogP contribution in [0, 0.1) is 0 Å². The highest BCUT2D eigenvalue weighted by Gasteiger charge is 2.24. The largest absolute Gasteiger partial charge is 0.493 e. The molecule has 48 heavy (non-hydrogen) atoms. The molecule has 2 rings (SSSR count). The Balaban J connectivity index is 2.73. The van der Waals surface area contributed by atoms with Gasteiger partial charge in [-0.3, -0.25) is 4.79 Å². The van der Waals surface area contributed by atoms with Crippen LogP contribution >= 0.6 is 0 Å². The minimum Gasteiger partial charge on any atom is -0.493 e. The zero-order valence-corrected chi connectivity index (χ0v) is 31.8. The molecule has 0 radical (unpaired) electrons. The summed E-state index contributed by atoms with van der Waals surface area (Å²) >= 11 is 0. The van der Waals surface area contributed by atoms with Gasteiger partial charge in [-0.2, -0.15) is 0 Å². The highest BCUT2D eigenvalue weighted by atomic mass is 16.5. The summed E-state index contributed by atoms with van der Waals surface area (Å²) in [7, 11) is 1.62. The molecule has 5 unspecified atom stereocenters. The summed E-state index contributed by atoms with van der Waals surface area (Å²) in [5.74, 6) is 3.12. The van der Waals surface area contributed by atoms with Crippen LogP contribution in [0.4, 0.5) is 0 Å². The molecule has 2 aromatic rings. The molecule has 0 bridgehead atoms. The number of hydrogen-bond donors (Lipinski definition) is 0. The van der Waals surface area contributed by atoms with E-state index >= 15 is 0 Å². The van der Waals surface area contributed by atoms with Crippen molar-refractivity contribution in [2.45, 2.75) is 164 Å². The smallest absolute Gasteiger partial charge is 0.189 e. The van der Waals surface area contributed by atoms with Gasteiger partial charge in [0.15, 0.2) is 28.8 Å². The Morgan fingerprint density at radius 1 is 0.562 bits per heavy atom. The molecule has 0 fully saturated rings. The normalized spacial score (nSPS) is 14.6. The van der Waals surface area contributed by atoms with Gasteiger partial charge in [-0.25, -0.2) is 0 Å². The first-order chi connectivity index (χ1) is 23.0. The fraction of sp³-hybridized carbons (Fsp3) is 0.634. The first-order valence-corrected chi connectivity index (χ1v) is 18.4. The summed E-state index contributed by atoms with van der Waals surface area (Å²) in [6.07, 6.45) is 12.5. The molecule has 2 aromatic carbocycles. The second-order valence-electron chi connectivity index (χ2n) is 13.1. The molecular formula is C41H64O7. The summed E-state index contributed by atoms with van der Waals surface area (Å²) in [4.78, 5) is 14.3. The zero-order chi connectivity index (χ0) is 35.6. The van der Waals surface area contributed by atoms with E-state index in [4.69, 9.17) is 28.4 Å². The summed E-state index contributed by atoms with van der Waals surface area (Å²) < 4.78 is 37.8. The predicted octanol–water partition coefficient (Wildman–Crippen LogP) is 11.4. The van der Waals surface area contributed by atoms with Crippen LogP contribution in [-0.4, -0.2) is 43.4 Å². The van der Waals surface area contributed by atoms with Gasteiger partial charge in [-0.15, -0.1) is 0 Å². The van der Waals surface area contributed by atoms with Crippen molar-refractivity contribution in [2.24, 2.45) is 0 Å². The topological polar surface area (TPSA) is 72.5 Å². The van der Waals surface area contributed by atoms with Crippen molar-refractivity contribution in [1.29, 1.82) is 0 Å². The number of ether oxygens (including phenoxy) is 6. The highest BCUT2D eigenvalue weighted by Crippen LogP contribution is 2.41. The van der Waals surface area contributed by atoms with Gasteiger partial charge in [0.05, 0.1) is 43.2 Å². The second kappa shape index (κ2) is 21.6. The first-order valence-electron chi connectivity index (χ1n) is 18.4.